The van der Waals surface area contributed by atoms with Gasteiger partial charge in [-0.1, -0.05) is 18.2 Å². The van der Waals surface area contributed by atoms with Gasteiger partial charge < -0.3 is 5.11 Å². The molecule has 0 radical (unpaired) electrons. The zero-order chi connectivity index (χ0) is 19.0. The van der Waals surface area contributed by atoms with Crippen LogP contribution in [0.3, 0.4) is 0 Å². The maximum atomic E-state index is 12.8. The molecule has 0 spiro atoms. The first-order valence-corrected chi connectivity index (χ1v) is 9.03. The standard InChI is InChI=1S/C18H12Br2N2O4/c1-9-4-2-3-5-14(9)22-17(25)11(16(24)21-18(22)26)6-10-7-12(19)15(23)13(20)8-10/h2-8,23H,1H3,(H,21,24,26)/b11-6+. The summed E-state index contributed by atoms with van der Waals surface area (Å²) in [4.78, 5) is 38.2. The van der Waals surface area contributed by atoms with E-state index >= 15 is 0 Å². The minimum absolute atomic E-state index is 0.00304. The van der Waals surface area contributed by atoms with Gasteiger partial charge in [-0.15, -0.1) is 0 Å². The van der Waals surface area contributed by atoms with Crippen LogP contribution in [0.5, 0.6) is 5.75 Å². The first-order chi connectivity index (χ1) is 12.3. The molecule has 1 saturated heterocycles. The summed E-state index contributed by atoms with van der Waals surface area (Å²) in [7, 11) is 0. The lowest BCUT2D eigenvalue weighted by atomic mass is 10.1. The highest BCUT2D eigenvalue weighted by molar-refractivity contribution is 9.11. The van der Waals surface area contributed by atoms with Crippen molar-refractivity contribution in [2.24, 2.45) is 0 Å². The fourth-order valence-electron chi connectivity index (χ4n) is 2.53. The highest BCUT2D eigenvalue weighted by atomic mass is 79.9. The third-order valence-corrected chi connectivity index (χ3v) is 5.02. The number of nitrogens with zero attached hydrogens (tertiary/aromatic N) is 1. The molecule has 2 aromatic carbocycles. The van der Waals surface area contributed by atoms with Gasteiger partial charge in [0.05, 0.1) is 14.6 Å². The summed E-state index contributed by atoms with van der Waals surface area (Å²) in [6.07, 6.45) is 1.37. The molecule has 2 aromatic rings. The van der Waals surface area contributed by atoms with E-state index in [-0.39, 0.29) is 11.3 Å². The third-order valence-electron chi connectivity index (χ3n) is 3.81. The summed E-state index contributed by atoms with van der Waals surface area (Å²) >= 11 is 6.40. The third kappa shape index (κ3) is 3.30. The van der Waals surface area contributed by atoms with Gasteiger partial charge in [-0.2, -0.15) is 0 Å². The molecule has 1 heterocycles. The largest absolute Gasteiger partial charge is 0.506 e. The maximum Gasteiger partial charge on any atom is 0.335 e. The molecular formula is C18H12Br2N2O4. The highest BCUT2D eigenvalue weighted by Gasteiger charge is 2.37. The van der Waals surface area contributed by atoms with E-state index in [4.69, 9.17) is 0 Å². The lowest BCUT2D eigenvalue weighted by Gasteiger charge is -2.27. The number of amides is 4. The molecule has 0 saturated carbocycles. The van der Waals surface area contributed by atoms with E-state index in [1.165, 1.54) is 6.08 Å². The van der Waals surface area contributed by atoms with Gasteiger partial charge in [0, 0.05) is 0 Å². The fraction of sp³-hybridized carbons (Fsp3) is 0.0556. The molecule has 0 aromatic heterocycles. The lowest BCUT2D eigenvalue weighted by molar-refractivity contribution is -0.122. The lowest BCUT2D eigenvalue weighted by Crippen LogP contribution is -2.54. The van der Waals surface area contributed by atoms with E-state index < -0.39 is 17.8 Å². The van der Waals surface area contributed by atoms with Crippen LogP contribution in [0.1, 0.15) is 11.1 Å². The average Bonchev–Trinajstić information content (AvgIpc) is 2.58. The Labute approximate surface area is 165 Å². The van der Waals surface area contributed by atoms with E-state index in [2.05, 4.69) is 37.2 Å². The first-order valence-electron chi connectivity index (χ1n) is 7.44. The van der Waals surface area contributed by atoms with Crippen LogP contribution in [0.4, 0.5) is 10.5 Å². The molecule has 8 heteroatoms. The number of nitrogens with one attached hydrogen (secondary N) is 1. The number of rotatable bonds is 2. The molecule has 2 N–H and O–H groups in total. The summed E-state index contributed by atoms with van der Waals surface area (Å²) in [5.74, 6) is -1.48. The second-order valence-electron chi connectivity index (χ2n) is 5.58. The average molecular weight is 480 g/mol. The van der Waals surface area contributed by atoms with Crippen molar-refractivity contribution in [1.82, 2.24) is 5.32 Å². The van der Waals surface area contributed by atoms with Crippen molar-refractivity contribution in [1.29, 1.82) is 0 Å². The number of phenolic OH excluding ortho intramolecular Hbond substituents is 1. The molecule has 1 aliphatic heterocycles. The van der Waals surface area contributed by atoms with Crippen LogP contribution in [-0.2, 0) is 9.59 Å². The number of aryl methyl sites for hydroxylation is 1. The summed E-state index contributed by atoms with van der Waals surface area (Å²) in [5.41, 5.74) is 1.44. The van der Waals surface area contributed by atoms with Crippen LogP contribution in [0.2, 0.25) is 0 Å². The molecule has 3 rings (SSSR count). The SMILES string of the molecule is Cc1ccccc1N1C(=O)NC(=O)/C(=C\c2cc(Br)c(O)c(Br)c2)C1=O. The number of phenols is 1. The summed E-state index contributed by atoms with van der Waals surface area (Å²) in [6.45, 7) is 1.77. The Balaban J connectivity index is 2.07. The molecule has 0 bridgehead atoms. The Morgan fingerprint density at radius 2 is 1.69 bits per heavy atom. The van der Waals surface area contributed by atoms with E-state index in [1.54, 1.807) is 43.3 Å². The minimum atomic E-state index is -0.792. The Hall–Kier alpha value is -2.45. The van der Waals surface area contributed by atoms with E-state index in [0.29, 0.717) is 20.2 Å². The predicted molar refractivity (Wildman–Crippen MR) is 104 cm³/mol. The van der Waals surface area contributed by atoms with Gasteiger partial charge in [0.15, 0.2) is 0 Å². The molecule has 1 aliphatic rings. The number of halogens is 2. The zero-order valence-corrected chi connectivity index (χ0v) is 16.6. The zero-order valence-electron chi connectivity index (χ0n) is 13.4. The van der Waals surface area contributed by atoms with Gasteiger partial charge in [-0.05, 0) is 74.2 Å². The van der Waals surface area contributed by atoms with E-state index in [1.807, 2.05) is 0 Å². The fourth-order valence-corrected chi connectivity index (χ4v) is 3.75. The number of urea groups is 1. The van der Waals surface area contributed by atoms with Crippen LogP contribution < -0.4 is 10.2 Å². The van der Waals surface area contributed by atoms with Gasteiger partial charge in [0.25, 0.3) is 11.8 Å². The van der Waals surface area contributed by atoms with Gasteiger partial charge >= 0.3 is 6.03 Å². The quantitative estimate of drug-likeness (QED) is 0.505. The van der Waals surface area contributed by atoms with Crippen molar-refractivity contribution in [2.75, 3.05) is 4.90 Å². The van der Waals surface area contributed by atoms with Crippen LogP contribution in [0, 0.1) is 6.92 Å². The maximum absolute atomic E-state index is 12.8. The molecule has 6 nitrogen and oxygen atoms in total. The molecule has 26 heavy (non-hydrogen) atoms. The van der Waals surface area contributed by atoms with Crippen molar-refractivity contribution in [2.45, 2.75) is 6.92 Å². The first kappa shape index (κ1) is 18.3. The molecule has 0 atom stereocenters. The number of hydrogen-bond acceptors (Lipinski definition) is 4. The van der Waals surface area contributed by atoms with Gasteiger partial charge in [-0.25, -0.2) is 9.69 Å². The number of benzene rings is 2. The number of imide groups is 2. The van der Waals surface area contributed by atoms with Crippen LogP contribution in [0.25, 0.3) is 6.08 Å². The second-order valence-corrected chi connectivity index (χ2v) is 7.29. The molecule has 132 valence electrons. The number of hydrogen-bond donors (Lipinski definition) is 2. The number of anilines is 1. The molecule has 0 aliphatic carbocycles. The topological polar surface area (TPSA) is 86.7 Å². The summed E-state index contributed by atoms with van der Waals surface area (Å²) in [5, 5.41) is 12.0. The van der Waals surface area contributed by atoms with Crippen molar-refractivity contribution in [3.8, 4) is 5.75 Å². The monoisotopic (exact) mass is 478 g/mol. The number of aromatic hydroxyl groups is 1. The van der Waals surface area contributed by atoms with E-state index in [0.717, 1.165) is 10.5 Å². The van der Waals surface area contributed by atoms with Crippen molar-refractivity contribution < 1.29 is 19.5 Å². The number of carbonyl (C=O) groups excluding carboxylic acids is 3. The predicted octanol–water partition coefficient (Wildman–Crippen LogP) is 3.89. The Morgan fingerprint density at radius 3 is 2.31 bits per heavy atom. The Bertz CT molecular complexity index is 962. The Kier molecular flexibility index (Phi) is 4.97. The smallest absolute Gasteiger partial charge is 0.335 e. The molecule has 0 unspecified atom stereocenters. The van der Waals surface area contributed by atoms with Crippen LogP contribution in [0.15, 0.2) is 50.9 Å². The number of barbiturate groups is 1. The highest BCUT2D eigenvalue weighted by Crippen LogP contribution is 2.34. The van der Waals surface area contributed by atoms with Gasteiger partial charge in [0.1, 0.15) is 11.3 Å². The van der Waals surface area contributed by atoms with Crippen molar-refractivity contribution in [3.05, 3.63) is 62.0 Å². The molecular weight excluding hydrogens is 468 g/mol. The molecule has 4 amide bonds. The minimum Gasteiger partial charge on any atom is -0.506 e. The second kappa shape index (κ2) is 7.05. The number of para-hydroxylation sites is 1. The molecule has 1 fully saturated rings. The van der Waals surface area contributed by atoms with E-state index in [9.17, 15) is 19.5 Å². The van der Waals surface area contributed by atoms with Gasteiger partial charge in [0.2, 0.25) is 0 Å². The Morgan fingerprint density at radius 1 is 1.08 bits per heavy atom. The van der Waals surface area contributed by atoms with Crippen molar-refractivity contribution in [3.63, 3.8) is 0 Å². The summed E-state index contributed by atoms with van der Waals surface area (Å²) in [6, 6.07) is 9.22. The van der Waals surface area contributed by atoms with Crippen LogP contribution >= 0.6 is 31.9 Å². The van der Waals surface area contributed by atoms with Crippen molar-refractivity contribution >= 4 is 61.5 Å². The van der Waals surface area contributed by atoms with Gasteiger partial charge in [-0.3, -0.25) is 14.9 Å². The summed E-state index contributed by atoms with van der Waals surface area (Å²) < 4.78 is 0.795. The van der Waals surface area contributed by atoms with Crippen LogP contribution in [-0.4, -0.2) is 23.0 Å². The normalized spacial score (nSPS) is 16.2. The number of carbonyl (C=O) groups is 3.